The van der Waals surface area contributed by atoms with Gasteiger partial charge in [0.15, 0.2) is 0 Å². The number of ether oxygens (including phenoxy) is 1. The molecule has 31 heavy (non-hydrogen) atoms. The molecule has 2 amide bonds. The lowest BCUT2D eigenvalue weighted by Gasteiger charge is -2.23. The topological polar surface area (TPSA) is 137 Å². The highest BCUT2D eigenvalue weighted by molar-refractivity contribution is 5.90. The second kappa shape index (κ2) is 13.7. The number of hydrogen-bond acceptors (Lipinski definition) is 6. The number of nitrogens with one attached hydrogen (secondary N) is 3. The fourth-order valence-corrected chi connectivity index (χ4v) is 2.76. The predicted octanol–water partition coefficient (Wildman–Crippen LogP) is 2.83. The van der Waals surface area contributed by atoms with Crippen molar-refractivity contribution in [3.63, 3.8) is 0 Å². The third-order valence-corrected chi connectivity index (χ3v) is 4.43. The first-order chi connectivity index (χ1) is 14.6. The van der Waals surface area contributed by atoms with Crippen molar-refractivity contribution in [1.82, 2.24) is 10.8 Å². The first-order valence-corrected chi connectivity index (χ1v) is 10.5. The van der Waals surface area contributed by atoms with Crippen molar-refractivity contribution in [2.24, 2.45) is 0 Å². The van der Waals surface area contributed by atoms with Gasteiger partial charge in [-0.25, -0.2) is 5.48 Å². The molecule has 0 spiro atoms. The van der Waals surface area contributed by atoms with E-state index < -0.39 is 23.5 Å². The van der Waals surface area contributed by atoms with Crippen LogP contribution < -0.4 is 16.1 Å². The molecule has 0 aliphatic heterocycles. The minimum absolute atomic E-state index is 0.0555. The van der Waals surface area contributed by atoms with Gasteiger partial charge in [0.05, 0.1) is 12.2 Å². The average Bonchev–Trinajstić information content (AvgIpc) is 2.69. The third-order valence-electron chi connectivity index (χ3n) is 4.43. The minimum Gasteiger partial charge on any atom is -0.480 e. The number of carbonyl (C=O) groups is 3. The van der Waals surface area contributed by atoms with Crippen LogP contribution in [-0.4, -0.2) is 46.3 Å². The second-order valence-corrected chi connectivity index (χ2v) is 8.39. The van der Waals surface area contributed by atoms with Crippen LogP contribution in [0.5, 0.6) is 0 Å². The molecule has 1 unspecified atom stereocenters. The summed E-state index contributed by atoms with van der Waals surface area (Å²) in [6, 6.07) is 6.42. The van der Waals surface area contributed by atoms with Crippen molar-refractivity contribution in [3.8, 4) is 0 Å². The van der Waals surface area contributed by atoms with E-state index >= 15 is 0 Å². The van der Waals surface area contributed by atoms with Gasteiger partial charge in [-0.1, -0.05) is 25.0 Å². The lowest BCUT2D eigenvalue weighted by molar-refractivity contribution is -0.142. The van der Waals surface area contributed by atoms with Crippen LogP contribution in [0.3, 0.4) is 0 Å². The van der Waals surface area contributed by atoms with Crippen molar-refractivity contribution in [1.29, 1.82) is 0 Å². The van der Waals surface area contributed by atoms with E-state index in [1.165, 1.54) is 0 Å². The van der Waals surface area contributed by atoms with E-state index in [2.05, 4.69) is 10.6 Å². The maximum absolute atomic E-state index is 12.1. The molecule has 1 rings (SSSR count). The molecule has 0 bridgehead atoms. The Morgan fingerprint density at radius 1 is 1.03 bits per heavy atom. The Morgan fingerprint density at radius 3 is 2.26 bits per heavy atom. The number of amides is 2. The number of carbonyl (C=O) groups excluding carboxylic acids is 2. The molecule has 0 radical (unpaired) electrons. The van der Waals surface area contributed by atoms with Crippen LogP contribution in [0, 0.1) is 0 Å². The summed E-state index contributed by atoms with van der Waals surface area (Å²) in [5, 5.41) is 23.6. The number of aliphatic carboxylic acids is 1. The minimum atomic E-state index is -0.981. The molecule has 5 N–H and O–H groups in total. The van der Waals surface area contributed by atoms with Gasteiger partial charge in [0.2, 0.25) is 11.8 Å². The molecule has 0 aliphatic rings. The van der Waals surface area contributed by atoms with Crippen LogP contribution in [-0.2, 0) is 25.7 Å². The molecular formula is C22H35N3O6. The van der Waals surface area contributed by atoms with Gasteiger partial charge >= 0.3 is 5.97 Å². The third kappa shape index (κ3) is 12.7. The van der Waals surface area contributed by atoms with Crippen LogP contribution in [0.1, 0.15) is 64.9 Å². The largest absolute Gasteiger partial charge is 0.480 e. The van der Waals surface area contributed by atoms with Crippen molar-refractivity contribution in [2.45, 2.75) is 77.5 Å². The Morgan fingerprint density at radius 2 is 1.68 bits per heavy atom. The Hall–Kier alpha value is -2.49. The number of benzene rings is 1. The number of hydroxylamine groups is 1. The molecule has 174 valence electrons. The van der Waals surface area contributed by atoms with Gasteiger partial charge in [0.25, 0.3) is 0 Å². The molecule has 9 nitrogen and oxygen atoms in total. The summed E-state index contributed by atoms with van der Waals surface area (Å²) in [5.74, 6) is -1.48. The molecule has 0 fully saturated rings. The highest BCUT2D eigenvalue weighted by atomic mass is 16.5. The summed E-state index contributed by atoms with van der Waals surface area (Å²) < 4.78 is 5.57. The van der Waals surface area contributed by atoms with E-state index in [1.807, 2.05) is 32.9 Å². The number of rotatable bonds is 14. The number of anilines is 1. The summed E-state index contributed by atoms with van der Waals surface area (Å²) in [5.41, 5.74) is 2.68. The zero-order chi connectivity index (χ0) is 23.3. The number of unbranched alkanes of at least 4 members (excludes halogenated alkanes) is 3. The van der Waals surface area contributed by atoms with Crippen molar-refractivity contribution < 1.29 is 29.4 Å². The highest BCUT2D eigenvalue weighted by Gasteiger charge is 2.20. The maximum atomic E-state index is 12.1. The van der Waals surface area contributed by atoms with Crippen LogP contribution in [0.25, 0.3) is 0 Å². The summed E-state index contributed by atoms with van der Waals surface area (Å²) in [6.07, 6.45) is 3.66. The van der Waals surface area contributed by atoms with Gasteiger partial charge in [-0.05, 0) is 51.3 Å². The summed E-state index contributed by atoms with van der Waals surface area (Å²) >= 11 is 0. The van der Waals surface area contributed by atoms with E-state index in [9.17, 15) is 19.5 Å². The summed E-state index contributed by atoms with van der Waals surface area (Å²) in [7, 11) is 0. The first-order valence-electron chi connectivity index (χ1n) is 10.5. The monoisotopic (exact) mass is 437 g/mol. The van der Waals surface area contributed by atoms with Gasteiger partial charge in [0, 0.05) is 25.1 Å². The molecule has 0 aromatic heterocycles. The first kappa shape index (κ1) is 26.5. The SMILES string of the molecule is CC(C)(C)OCC(NCc1cccc(NC(=O)CCCCCCC(=O)NO)c1)C(=O)O. The number of carboxylic acid groups (broad SMARTS) is 1. The molecule has 1 aromatic carbocycles. The van der Waals surface area contributed by atoms with Gasteiger partial charge in [-0.2, -0.15) is 0 Å². The van der Waals surface area contributed by atoms with Crippen molar-refractivity contribution in [3.05, 3.63) is 29.8 Å². The lowest BCUT2D eigenvalue weighted by atomic mass is 10.1. The van der Waals surface area contributed by atoms with Gasteiger partial charge < -0.3 is 15.2 Å². The smallest absolute Gasteiger partial charge is 0.323 e. The van der Waals surface area contributed by atoms with Gasteiger partial charge in [0.1, 0.15) is 6.04 Å². The van der Waals surface area contributed by atoms with Crippen LogP contribution >= 0.6 is 0 Å². The van der Waals surface area contributed by atoms with Gasteiger partial charge in [-0.3, -0.25) is 24.9 Å². The molecule has 0 saturated heterocycles. The Balaban J connectivity index is 2.40. The standard InChI is InChI=1S/C22H35N3O6/c1-22(2,3)31-15-18(21(28)29)23-14-16-9-8-10-17(13-16)24-19(26)11-6-4-5-7-12-20(27)25-30/h8-10,13,18,23,30H,4-7,11-12,14-15H2,1-3H3,(H,24,26)(H,25,27)(H,28,29). The van der Waals surface area contributed by atoms with E-state index in [0.29, 0.717) is 31.5 Å². The predicted molar refractivity (Wildman–Crippen MR) is 117 cm³/mol. The van der Waals surface area contributed by atoms with E-state index in [-0.39, 0.29) is 18.9 Å². The van der Waals surface area contributed by atoms with Crippen molar-refractivity contribution >= 4 is 23.5 Å². The normalized spacial score (nSPS) is 12.3. The zero-order valence-corrected chi connectivity index (χ0v) is 18.6. The fraction of sp³-hybridized carbons (Fsp3) is 0.591. The molecule has 0 aliphatic carbocycles. The summed E-state index contributed by atoms with van der Waals surface area (Å²) in [6.45, 7) is 5.99. The molecule has 1 atom stereocenters. The fourth-order valence-electron chi connectivity index (χ4n) is 2.76. The highest BCUT2D eigenvalue weighted by Crippen LogP contribution is 2.13. The van der Waals surface area contributed by atoms with Crippen LogP contribution in [0.2, 0.25) is 0 Å². The quantitative estimate of drug-likeness (QED) is 0.171. The molecular weight excluding hydrogens is 402 g/mol. The average molecular weight is 438 g/mol. The van der Waals surface area contributed by atoms with E-state index in [1.54, 1.807) is 17.6 Å². The van der Waals surface area contributed by atoms with Crippen LogP contribution in [0.4, 0.5) is 5.69 Å². The van der Waals surface area contributed by atoms with E-state index in [4.69, 9.17) is 9.94 Å². The Kier molecular flexibility index (Phi) is 11.8. The number of carboxylic acids is 1. The molecule has 0 heterocycles. The summed E-state index contributed by atoms with van der Waals surface area (Å²) in [4.78, 5) is 34.5. The molecule has 9 heteroatoms. The van der Waals surface area contributed by atoms with E-state index in [0.717, 1.165) is 18.4 Å². The molecule has 0 saturated carbocycles. The Bertz CT molecular complexity index is 717. The Labute approximate surface area is 183 Å². The van der Waals surface area contributed by atoms with Crippen LogP contribution in [0.15, 0.2) is 24.3 Å². The lowest BCUT2D eigenvalue weighted by Crippen LogP contribution is -2.42. The maximum Gasteiger partial charge on any atom is 0.323 e. The second-order valence-electron chi connectivity index (χ2n) is 8.39. The number of hydrogen-bond donors (Lipinski definition) is 5. The molecule has 1 aromatic rings. The van der Waals surface area contributed by atoms with Crippen molar-refractivity contribution in [2.75, 3.05) is 11.9 Å². The zero-order valence-electron chi connectivity index (χ0n) is 18.6. The van der Waals surface area contributed by atoms with Gasteiger partial charge in [-0.15, -0.1) is 0 Å².